The number of amidine groups is 1. The standard InChI is InChI=1S/C64H41N3S2/c1-2-44-62(46-25-13-22-37-15-9-10-23-45(37)46)65-64(66-63(44)48-26-14-28-58-61(48)47-24-11-12-27-57(47)68-58)53-36-60-52(51-31-40-18-5-8-21-43(40)34-59(51)69-60)35-56(53)67-54-32-41-19-6-3-16-38(41)29-49(54)50-30-39-17-4-7-20-42(39)33-55(50)67/h3-36,44,63H,2H2,1H3. The first-order chi connectivity index (χ1) is 34.1. The molecule has 5 heteroatoms. The molecule has 11 aromatic carbocycles. The first kappa shape index (κ1) is 39.1. The Morgan fingerprint density at radius 1 is 0.420 bits per heavy atom. The fraction of sp³-hybridized carbons (Fsp3) is 0.0625. The van der Waals surface area contributed by atoms with Gasteiger partial charge in [-0.3, -0.25) is 4.99 Å². The van der Waals surface area contributed by atoms with E-state index in [0.717, 1.165) is 40.3 Å². The van der Waals surface area contributed by atoms with Crippen LogP contribution in [0.25, 0.3) is 111 Å². The van der Waals surface area contributed by atoms with Gasteiger partial charge in [0.05, 0.1) is 28.5 Å². The third kappa shape index (κ3) is 5.91. The predicted molar refractivity (Wildman–Crippen MR) is 299 cm³/mol. The van der Waals surface area contributed by atoms with Crippen LogP contribution in [-0.2, 0) is 0 Å². The van der Waals surface area contributed by atoms with Crippen LogP contribution in [0.15, 0.2) is 216 Å². The summed E-state index contributed by atoms with van der Waals surface area (Å²) in [6, 6.07) is 76.6. The van der Waals surface area contributed by atoms with Crippen molar-refractivity contribution in [3.05, 3.63) is 223 Å². The first-order valence-corrected chi connectivity index (χ1v) is 25.6. The van der Waals surface area contributed by atoms with Gasteiger partial charge in [-0.1, -0.05) is 153 Å². The van der Waals surface area contributed by atoms with E-state index in [1.165, 1.54) is 105 Å². The zero-order valence-corrected chi connectivity index (χ0v) is 39.3. The lowest BCUT2D eigenvalue weighted by Crippen LogP contribution is -2.28. The highest BCUT2D eigenvalue weighted by Crippen LogP contribution is 2.47. The molecule has 0 radical (unpaired) electrons. The van der Waals surface area contributed by atoms with Gasteiger partial charge < -0.3 is 4.57 Å². The highest BCUT2D eigenvalue weighted by atomic mass is 32.1. The zero-order chi connectivity index (χ0) is 45.3. The monoisotopic (exact) mass is 915 g/mol. The summed E-state index contributed by atoms with van der Waals surface area (Å²) in [6.45, 7) is 2.32. The highest BCUT2D eigenvalue weighted by molar-refractivity contribution is 7.26. The van der Waals surface area contributed by atoms with E-state index in [1.54, 1.807) is 0 Å². The van der Waals surface area contributed by atoms with Crippen LogP contribution < -0.4 is 0 Å². The number of aromatic nitrogens is 1. The lowest BCUT2D eigenvalue weighted by molar-refractivity contribution is 0.536. The molecule has 69 heavy (non-hydrogen) atoms. The minimum Gasteiger partial charge on any atom is -0.308 e. The maximum absolute atomic E-state index is 6.03. The lowest BCUT2D eigenvalue weighted by atomic mass is 9.81. The Morgan fingerprint density at radius 2 is 0.942 bits per heavy atom. The normalized spacial score (nSPS) is 15.6. The summed E-state index contributed by atoms with van der Waals surface area (Å²) in [7, 11) is 0. The van der Waals surface area contributed by atoms with Gasteiger partial charge >= 0.3 is 0 Å². The Hall–Kier alpha value is -7.96. The average molecular weight is 916 g/mol. The van der Waals surface area contributed by atoms with Gasteiger partial charge in [0.25, 0.3) is 0 Å². The van der Waals surface area contributed by atoms with E-state index in [1.807, 2.05) is 22.7 Å². The third-order valence-electron chi connectivity index (χ3n) is 14.9. The van der Waals surface area contributed by atoms with Crippen molar-refractivity contribution < 1.29 is 0 Å². The van der Waals surface area contributed by atoms with Gasteiger partial charge in [-0.2, -0.15) is 0 Å². The van der Waals surface area contributed by atoms with E-state index in [-0.39, 0.29) is 12.0 Å². The highest BCUT2D eigenvalue weighted by Gasteiger charge is 2.35. The van der Waals surface area contributed by atoms with Crippen molar-refractivity contribution >= 4 is 139 Å². The third-order valence-corrected chi connectivity index (χ3v) is 17.2. The second-order valence-corrected chi connectivity index (χ2v) is 20.9. The molecule has 0 fully saturated rings. The van der Waals surface area contributed by atoms with Crippen LogP contribution in [0.5, 0.6) is 0 Å². The Balaban J connectivity index is 1.10. The number of aliphatic imine (C=N–C) groups is 2. The fourth-order valence-corrected chi connectivity index (χ4v) is 14.0. The summed E-state index contributed by atoms with van der Waals surface area (Å²) in [6.07, 6.45) is 0.880. The number of fused-ring (bicyclic) bond motifs is 13. The van der Waals surface area contributed by atoms with Gasteiger partial charge in [-0.25, -0.2) is 4.99 Å². The summed E-state index contributed by atoms with van der Waals surface area (Å²) in [5.41, 5.74) is 7.95. The molecule has 0 amide bonds. The van der Waals surface area contributed by atoms with Crippen molar-refractivity contribution in [3.63, 3.8) is 0 Å². The van der Waals surface area contributed by atoms with Crippen LogP contribution in [0, 0.1) is 5.92 Å². The minimum atomic E-state index is -0.194. The molecule has 0 saturated heterocycles. The van der Waals surface area contributed by atoms with E-state index >= 15 is 0 Å². The Kier molecular flexibility index (Phi) is 8.51. The Bertz CT molecular complexity index is 4460. The van der Waals surface area contributed by atoms with E-state index in [0.29, 0.717) is 0 Å². The molecule has 2 atom stereocenters. The van der Waals surface area contributed by atoms with Crippen LogP contribution in [0.3, 0.4) is 0 Å². The van der Waals surface area contributed by atoms with E-state index in [2.05, 4.69) is 218 Å². The van der Waals surface area contributed by atoms with Crippen molar-refractivity contribution in [2.45, 2.75) is 19.4 Å². The van der Waals surface area contributed by atoms with Crippen molar-refractivity contribution in [2.75, 3.05) is 0 Å². The molecule has 0 spiro atoms. The Morgan fingerprint density at radius 3 is 1.64 bits per heavy atom. The quantitative estimate of drug-likeness (QED) is 0.165. The van der Waals surface area contributed by atoms with Crippen molar-refractivity contribution in [1.82, 2.24) is 4.57 Å². The van der Waals surface area contributed by atoms with E-state index in [9.17, 15) is 0 Å². The van der Waals surface area contributed by atoms with Gasteiger partial charge in [0, 0.05) is 68.2 Å². The molecular weight excluding hydrogens is 875 g/mol. The van der Waals surface area contributed by atoms with Crippen molar-refractivity contribution in [2.24, 2.45) is 15.9 Å². The summed E-state index contributed by atoms with van der Waals surface area (Å²) in [5.74, 6) is 0.791. The van der Waals surface area contributed by atoms with E-state index < -0.39 is 0 Å². The topological polar surface area (TPSA) is 29.6 Å². The molecule has 324 valence electrons. The number of rotatable bonds is 5. The predicted octanol–water partition coefficient (Wildman–Crippen LogP) is 18.1. The molecule has 4 heterocycles. The molecule has 0 N–H and O–H groups in total. The number of thiophene rings is 2. The Labute approximate surface area is 405 Å². The summed E-state index contributed by atoms with van der Waals surface area (Å²) >= 11 is 3.74. The van der Waals surface area contributed by atoms with Crippen LogP contribution in [0.2, 0.25) is 0 Å². The summed E-state index contributed by atoms with van der Waals surface area (Å²) in [5, 5.41) is 17.4. The molecule has 3 nitrogen and oxygen atoms in total. The maximum Gasteiger partial charge on any atom is 0.157 e. The first-order valence-electron chi connectivity index (χ1n) is 23.9. The van der Waals surface area contributed by atoms with Crippen LogP contribution in [0.4, 0.5) is 0 Å². The van der Waals surface area contributed by atoms with Gasteiger partial charge in [-0.15, -0.1) is 22.7 Å². The van der Waals surface area contributed by atoms with Crippen molar-refractivity contribution in [1.29, 1.82) is 0 Å². The SMILES string of the molecule is CCC1C(c2cccc3ccccc23)=NC(c2cc3sc4cc5ccccc5cc4c3cc2-n2c3cc4ccccc4cc3c3cc4ccccc4cc32)=NC1c1cccc2sc3ccccc3c12. The molecule has 14 aromatic rings. The van der Waals surface area contributed by atoms with Gasteiger partial charge in [-0.05, 0) is 116 Å². The van der Waals surface area contributed by atoms with Crippen molar-refractivity contribution in [3.8, 4) is 5.69 Å². The maximum atomic E-state index is 6.03. The molecule has 15 rings (SSSR count). The molecule has 0 aliphatic carbocycles. The molecule has 1 aliphatic rings. The molecule has 0 saturated carbocycles. The largest absolute Gasteiger partial charge is 0.308 e. The van der Waals surface area contributed by atoms with Crippen LogP contribution in [-0.4, -0.2) is 16.1 Å². The number of hydrogen-bond acceptors (Lipinski definition) is 4. The summed E-state index contributed by atoms with van der Waals surface area (Å²) < 4.78 is 7.62. The van der Waals surface area contributed by atoms with Gasteiger partial charge in [0.2, 0.25) is 0 Å². The molecular formula is C64H41N3S2. The zero-order valence-electron chi connectivity index (χ0n) is 37.6. The minimum absolute atomic E-state index is 0.0266. The van der Waals surface area contributed by atoms with Crippen LogP contribution >= 0.6 is 22.7 Å². The molecule has 2 unspecified atom stereocenters. The number of nitrogens with zero attached hydrogens (tertiary/aromatic N) is 3. The second-order valence-electron chi connectivity index (χ2n) is 18.7. The smallest absolute Gasteiger partial charge is 0.157 e. The molecule has 0 bridgehead atoms. The van der Waals surface area contributed by atoms with E-state index in [4.69, 9.17) is 9.98 Å². The molecule has 1 aliphatic heterocycles. The van der Waals surface area contributed by atoms with Gasteiger partial charge in [0.15, 0.2) is 5.84 Å². The van der Waals surface area contributed by atoms with Gasteiger partial charge in [0.1, 0.15) is 0 Å². The number of benzene rings is 11. The average Bonchev–Trinajstić information content (AvgIpc) is 4.06. The lowest BCUT2D eigenvalue weighted by Gasteiger charge is -2.31. The summed E-state index contributed by atoms with van der Waals surface area (Å²) in [4.78, 5) is 12.0. The number of hydrogen-bond donors (Lipinski definition) is 0. The van der Waals surface area contributed by atoms with Crippen LogP contribution in [0.1, 0.15) is 36.1 Å². The fourth-order valence-electron chi connectivity index (χ4n) is 11.7. The molecule has 3 aromatic heterocycles. The second kappa shape index (κ2) is 15.0.